The van der Waals surface area contributed by atoms with Crippen LogP contribution < -0.4 is 0 Å². The van der Waals surface area contributed by atoms with Gasteiger partial charge in [-0.3, -0.25) is 0 Å². The molecule has 4 fully saturated rings. The molecular weight excluding hydrogens is 471 g/mol. The minimum atomic E-state index is 0.468. The molecule has 4 saturated carbocycles. The highest BCUT2D eigenvalue weighted by atomic mass is 32.5. The first-order valence-corrected chi connectivity index (χ1v) is 19.8. The highest BCUT2D eigenvalue weighted by Gasteiger charge is 2.31. The average Bonchev–Trinajstić information content (AvgIpc) is 2.89. The molecule has 0 nitrogen and oxygen atoms in total. The van der Waals surface area contributed by atoms with E-state index in [4.69, 9.17) is 0 Å². The summed E-state index contributed by atoms with van der Waals surface area (Å²) in [6, 6.07) is 0. The average molecular weight is 537 g/mol. The van der Waals surface area contributed by atoms with Crippen LogP contribution >= 0.6 is 8.02 Å². The molecule has 0 N–H and O–H groups in total. The number of hydrogen-bond acceptors (Lipinski definition) is 0. The van der Waals surface area contributed by atoms with Crippen LogP contribution in [0.25, 0.3) is 0 Å². The molecule has 0 heterocycles. The van der Waals surface area contributed by atoms with Gasteiger partial charge in [-0.25, -0.2) is 0 Å². The zero-order chi connectivity index (χ0) is 25.8. The smallest absolute Gasteiger partial charge is 0.00560 e. The second-order valence-electron chi connectivity index (χ2n) is 14.1. The first-order chi connectivity index (χ1) is 17.5. The van der Waals surface area contributed by atoms with Crippen LogP contribution in [0.4, 0.5) is 0 Å². The van der Waals surface area contributed by atoms with E-state index in [1.54, 1.807) is 77.0 Å². The Morgan fingerprint density at radius 3 is 1.31 bits per heavy atom. The molecule has 2 heteroatoms. The monoisotopic (exact) mass is 536 g/mol. The Labute approximate surface area is 232 Å². The molecule has 4 aliphatic carbocycles. The molecule has 0 bridgehead atoms. The molecule has 0 aromatic heterocycles. The zero-order valence-electron chi connectivity index (χ0n) is 25.1. The van der Waals surface area contributed by atoms with Crippen molar-refractivity contribution >= 4 is 18.1 Å². The second kappa shape index (κ2) is 17.4. The third kappa shape index (κ3) is 11.0. The molecule has 0 aliphatic heterocycles. The molecule has 4 rings (SSSR count). The van der Waals surface area contributed by atoms with Crippen molar-refractivity contribution in [3.8, 4) is 0 Å². The van der Waals surface area contributed by atoms with E-state index in [1.807, 2.05) is 0 Å². The second-order valence-corrected chi connectivity index (χ2v) is 17.8. The molecule has 0 aromatic carbocycles. The maximum Gasteiger partial charge on any atom is -0.00560 e. The van der Waals surface area contributed by atoms with Gasteiger partial charge in [-0.15, -0.1) is 0 Å². The number of rotatable bonds is 9. The van der Waals surface area contributed by atoms with E-state index >= 15 is 0 Å². The molecule has 0 spiro atoms. The largest absolute Gasteiger partial charge is 0.168 e. The van der Waals surface area contributed by atoms with Crippen LogP contribution in [0.15, 0.2) is 0 Å². The molecular formula is C34H65PS. The topological polar surface area (TPSA) is 0 Å². The molecule has 0 radical (unpaired) electrons. The van der Waals surface area contributed by atoms with E-state index in [0.717, 1.165) is 47.3 Å². The van der Waals surface area contributed by atoms with E-state index in [0.29, 0.717) is 10.1 Å². The van der Waals surface area contributed by atoms with Crippen LogP contribution in [-0.4, -0.2) is 12.0 Å². The normalized spacial score (nSPS) is 38.6. The lowest BCUT2D eigenvalue weighted by molar-refractivity contribution is 0.147. The van der Waals surface area contributed by atoms with Crippen molar-refractivity contribution < 1.29 is 0 Å². The van der Waals surface area contributed by atoms with E-state index < -0.39 is 0 Å². The predicted octanol–water partition coefficient (Wildman–Crippen LogP) is 11.5. The van der Waals surface area contributed by atoms with Gasteiger partial charge in [0, 0.05) is 0 Å². The third-order valence-electron chi connectivity index (χ3n) is 11.2. The van der Waals surface area contributed by atoms with E-state index in [9.17, 15) is 0 Å². The molecule has 212 valence electrons. The van der Waals surface area contributed by atoms with Crippen LogP contribution in [-0.2, 0) is 10.1 Å². The summed E-state index contributed by atoms with van der Waals surface area (Å²) in [6.07, 6.45) is 34.2. The molecule has 1 atom stereocenters. The minimum Gasteiger partial charge on any atom is -0.168 e. The fourth-order valence-electron chi connectivity index (χ4n) is 8.73. The van der Waals surface area contributed by atoms with E-state index in [1.165, 1.54) is 63.5 Å². The van der Waals surface area contributed by atoms with Gasteiger partial charge in [0.25, 0.3) is 0 Å². The SMILES string of the molecule is CCCC1CCC(C2CCC(C)CC2)CC1.CCCCC1CCC(C2CCC(CS(C)=P)CC2)CC1. The Morgan fingerprint density at radius 2 is 0.917 bits per heavy atom. The maximum atomic E-state index is 3.81. The fourth-order valence-corrected chi connectivity index (χ4v) is 10.5. The first kappa shape index (κ1) is 31.2. The summed E-state index contributed by atoms with van der Waals surface area (Å²) in [4.78, 5) is 0. The number of hydrogen-bond donors (Lipinski definition) is 0. The summed E-state index contributed by atoms with van der Waals surface area (Å²) in [6.45, 7) is 7.11. The van der Waals surface area contributed by atoms with Gasteiger partial charge in [-0.05, 0) is 124 Å². The van der Waals surface area contributed by atoms with Gasteiger partial charge in [-0.2, -0.15) is 10.1 Å². The van der Waals surface area contributed by atoms with Gasteiger partial charge in [-0.1, -0.05) is 99.4 Å². The zero-order valence-corrected chi connectivity index (χ0v) is 26.9. The predicted molar refractivity (Wildman–Crippen MR) is 168 cm³/mol. The lowest BCUT2D eigenvalue weighted by Gasteiger charge is -2.38. The highest BCUT2D eigenvalue weighted by Crippen LogP contribution is 2.43. The van der Waals surface area contributed by atoms with Crippen LogP contribution in [0.1, 0.15) is 156 Å². The first-order valence-electron chi connectivity index (χ1n) is 16.8. The standard InChI is InChI=1S/C18H35PS.C16H30/c1-3-4-5-15-6-10-17(11-7-15)18-12-8-16(9-13-18)14-20(2)19;1-3-4-14-7-11-16(12-8-14)15-9-5-13(2)6-10-15/h15-19H,3-14H2,1-2H3;13-16H,3-12H2,1-2H3. The van der Waals surface area contributed by atoms with E-state index in [2.05, 4.69) is 35.0 Å². The van der Waals surface area contributed by atoms with Gasteiger partial charge in [0.05, 0.1) is 0 Å². The molecule has 36 heavy (non-hydrogen) atoms. The molecule has 0 saturated heterocycles. The van der Waals surface area contributed by atoms with Crippen molar-refractivity contribution in [3.05, 3.63) is 0 Å². The molecule has 0 amide bonds. The fraction of sp³-hybridized carbons (Fsp3) is 1.00. The third-order valence-corrected chi connectivity index (χ3v) is 12.7. The summed E-state index contributed by atoms with van der Waals surface area (Å²) in [5.41, 5.74) is 0. The lowest BCUT2D eigenvalue weighted by atomic mass is 9.69. The minimum absolute atomic E-state index is 0.468. The molecule has 0 aromatic rings. The van der Waals surface area contributed by atoms with Gasteiger partial charge in [0.2, 0.25) is 0 Å². The van der Waals surface area contributed by atoms with Crippen molar-refractivity contribution in [2.75, 3.05) is 12.0 Å². The maximum absolute atomic E-state index is 3.81. The molecule has 1 unspecified atom stereocenters. The van der Waals surface area contributed by atoms with Crippen LogP contribution in [0.5, 0.6) is 0 Å². The van der Waals surface area contributed by atoms with Gasteiger partial charge >= 0.3 is 0 Å². The Bertz CT molecular complexity index is 570. The van der Waals surface area contributed by atoms with Gasteiger partial charge in [0.1, 0.15) is 0 Å². The molecule has 4 aliphatic rings. The Hall–Kier alpha value is 0.650. The Balaban J connectivity index is 0.000000205. The van der Waals surface area contributed by atoms with Crippen molar-refractivity contribution in [1.82, 2.24) is 0 Å². The van der Waals surface area contributed by atoms with Crippen molar-refractivity contribution in [1.29, 1.82) is 0 Å². The lowest BCUT2D eigenvalue weighted by Crippen LogP contribution is -2.27. The van der Waals surface area contributed by atoms with Crippen molar-refractivity contribution in [3.63, 3.8) is 0 Å². The summed E-state index contributed by atoms with van der Waals surface area (Å²) >= 11 is 0. The van der Waals surface area contributed by atoms with Crippen LogP contribution in [0, 0.1) is 47.3 Å². The Morgan fingerprint density at radius 1 is 0.528 bits per heavy atom. The summed E-state index contributed by atoms with van der Waals surface area (Å²) < 4.78 is 0. The number of unbranched alkanes of at least 4 members (excludes halogenated alkanes) is 1. The van der Waals surface area contributed by atoms with Crippen molar-refractivity contribution in [2.45, 2.75) is 156 Å². The van der Waals surface area contributed by atoms with Crippen molar-refractivity contribution in [2.24, 2.45) is 47.3 Å². The summed E-state index contributed by atoms with van der Waals surface area (Å²) in [5.74, 6) is 10.0. The van der Waals surface area contributed by atoms with Crippen LogP contribution in [0.3, 0.4) is 0 Å². The summed E-state index contributed by atoms with van der Waals surface area (Å²) in [5, 5.41) is 0. The quantitative estimate of drug-likeness (QED) is 0.257. The van der Waals surface area contributed by atoms with Gasteiger partial charge in [0.15, 0.2) is 0 Å². The highest BCUT2D eigenvalue weighted by molar-refractivity contribution is 8.15. The van der Waals surface area contributed by atoms with Gasteiger partial charge < -0.3 is 0 Å². The van der Waals surface area contributed by atoms with Crippen LogP contribution in [0.2, 0.25) is 0 Å². The summed E-state index contributed by atoms with van der Waals surface area (Å²) in [7, 11) is 4.27. The Kier molecular flexibility index (Phi) is 15.0. The van der Waals surface area contributed by atoms with E-state index in [-0.39, 0.29) is 0 Å².